The van der Waals surface area contributed by atoms with E-state index in [1.165, 1.54) is 6.20 Å². The first-order chi connectivity index (χ1) is 13.5. The minimum absolute atomic E-state index is 0.0725. The van der Waals surface area contributed by atoms with Crippen LogP contribution in [0.25, 0.3) is 0 Å². The second-order valence-corrected chi connectivity index (χ2v) is 7.00. The number of carbonyl (C=O) groups excluding carboxylic acids is 3. The molecule has 0 bridgehead atoms. The van der Waals surface area contributed by atoms with E-state index in [1.807, 2.05) is 11.9 Å². The van der Waals surface area contributed by atoms with Crippen LogP contribution in [-0.2, 0) is 4.74 Å². The number of likely N-dealkylation sites (N-methyl/N-ethyl adjacent to an activating group) is 1. The van der Waals surface area contributed by atoms with Gasteiger partial charge in [0.05, 0.1) is 6.61 Å². The Bertz CT molecular complexity index is 725. The molecule has 0 saturated carbocycles. The number of carbonyl (C=O) groups is 3. The van der Waals surface area contributed by atoms with E-state index in [0.717, 1.165) is 13.1 Å². The molecule has 0 radical (unpaired) electrons. The van der Waals surface area contributed by atoms with Gasteiger partial charge in [0.15, 0.2) is 0 Å². The van der Waals surface area contributed by atoms with Gasteiger partial charge in [-0.05, 0) is 26.1 Å². The molecular formula is C19H27N5O4. The maximum Gasteiger partial charge on any atom is 0.409 e. The lowest BCUT2D eigenvalue weighted by Crippen LogP contribution is -2.51. The highest BCUT2D eigenvalue weighted by Gasteiger charge is 2.27. The Morgan fingerprint density at radius 2 is 1.50 bits per heavy atom. The van der Waals surface area contributed by atoms with Crippen LogP contribution in [0.3, 0.4) is 0 Å². The predicted octanol–water partition coefficient (Wildman–Crippen LogP) is 0.384. The lowest BCUT2D eigenvalue weighted by molar-refractivity contribution is 0.0565. The highest BCUT2D eigenvalue weighted by molar-refractivity contribution is 5.98. The lowest BCUT2D eigenvalue weighted by atomic mass is 10.1. The van der Waals surface area contributed by atoms with Gasteiger partial charge in [0, 0.05) is 64.1 Å². The molecule has 152 valence electrons. The molecule has 0 unspecified atom stereocenters. The van der Waals surface area contributed by atoms with Crippen LogP contribution in [0.4, 0.5) is 4.79 Å². The molecule has 0 aliphatic carbocycles. The van der Waals surface area contributed by atoms with Gasteiger partial charge in [0.25, 0.3) is 11.8 Å². The molecule has 0 spiro atoms. The average Bonchev–Trinajstić information content (AvgIpc) is 2.73. The SMILES string of the molecule is CCOC(=O)N1CCN(C(=O)c2cc(C(=O)N3CCN(C)CC3)ccn2)CC1. The van der Waals surface area contributed by atoms with E-state index in [2.05, 4.69) is 9.88 Å². The summed E-state index contributed by atoms with van der Waals surface area (Å²) in [7, 11) is 2.03. The van der Waals surface area contributed by atoms with E-state index >= 15 is 0 Å². The highest BCUT2D eigenvalue weighted by Crippen LogP contribution is 2.12. The van der Waals surface area contributed by atoms with E-state index < -0.39 is 0 Å². The summed E-state index contributed by atoms with van der Waals surface area (Å²) in [6, 6.07) is 3.22. The van der Waals surface area contributed by atoms with Crippen molar-refractivity contribution in [2.24, 2.45) is 0 Å². The van der Waals surface area contributed by atoms with Gasteiger partial charge in [-0.3, -0.25) is 14.6 Å². The highest BCUT2D eigenvalue weighted by atomic mass is 16.6. The minimum atomic E-state index is -0.354. The zero-order valence-corrected chi connectivity index (χ0v) is 16.5. The molecule has 9 nitrogen and oxygen atoms in total. The van der Waals surface area contributed by atoms with Gasteiger partial charge in [-0.15, -0.1) is 0 Å². The number of rotatable bonds is 3. The summed E-state index contributed by atoms with van der Waals surface area (Å²) in [4.78, 5) is 48.7. The Kier molecular flexibility index (Phi) is 6.45. The number of nitrogens with zero attached hydrogens (tertiary/aromatic N) is 5. The van der Waals surface area contributed by atoms with E-state index in [-0.39, 0.29) is 23.6 Å². The van der Waals surface area contributed by atoms with E-state index in [1.54, 1.807) is 28.9 Å². The molecule has 0 N–H and O–H groups in total. The second kappa shape index (κ2) is 9.01. The number of pyridine rings is 1. The first-order valence-corrected chi connectivity index (χ1v) is 9.64. The Balaban J connectivity index is 1.61. The summed E-state index contributed by atoms with van der Waals surface area (Å²) in [6.07, 6.45) is 1.15. The normalized spacial score (nSPS) is 18.1. The second-order valence-electron chi connectivity index (χ2n) is 7.00. The summed E-state index contributed by atoms with van der Waals surface area (Å²) < 4.78 is 4.99. The Morgan fingerprint density at radius 1 is 0.929 bits per heavy atom. The Labute approximate surface area is 164 Å². The van der Waals surface area contributed by atoms with Crippen LogP contribution in [-0.4, -0.2) is 109 Å². The van der Waals surface area contributed by atoms with Crippen LogP contribution in [0.1, 0.15) is 27.8 Å². The van der Waals surface area contributed by atoms with Crippen molar-refractivity contribution in [3.63, 3.8) is 0 Å². The van der Waals surface area contributed by atoms with Gasteiger partial charge in [-0.25, -0.2) is 4.79 Å². The number of amides is 3. The van der Waals surface area contributed by atoms with Crippen molar-refractivity contribution < 1.29 is 19.1 Å². The van der Waals surface area contributed by atoms with Crippen molar-refractivity contribution in [2.45, 2.75) is 6.92 Å². The molecule has 1 aromatic heterocycles. The lowest BCUT2D eigenvalue weighted by Gasteiger charge is -2.34. The topological polar surface area (TPSA) is 86.3 Å². The van der Waals surface area contributed by atoms with Crippen LogP contribution >= 0.6 is 0 Å². The van der Waals surface area contributed by atoms with Crippen LogP contribution in [0, 0.1) is 0 Å². The van der Waals surface area contributed by atoms with Crippen LogP contribution in [0.2, 0.25) is 0 Å². The number of aromatic nitrogens is 1. The maximum atomic E-state index is 12.8. The van der Waals surface area contributed by atoms with Crippen molar-refractivity contribution in [3.8, 4) is 0 Å². The van der Waals surface area contributed by atoms with Crippen LogP contribution in [0.15, 0.2) is 18.3 Å². The molecule has 2 fully saturated rings. The fourth-order valence-corrected chi connectivity index (χ4v) is 3.34. The summed E-state index contributed by atoms with van der Waals surface area (Å²) in [6.45, 7) is 6.80. The molecule has 0 aromatic carbocycles. The molecule has 1 aromatic rings. The molecule has 3 amide bonds. The molecule has 2 saturated heterocycles. The van der Waals surface area contributed by atoms with Gasteiger partial charge in [-0.2, -0.15) is 0 Å². The Hall–Kier alpha value is -2.68. The van der Waals surface area contributed by atoms with E-state index in [4.69, 9.17) is 4.74 Å². The summed E-state index contributed by atoms with van der Waals surface area (Å²) in [5, 5.41) is 0. The molecule has 2 aliphatic rings. The number of ether oxygens (including phenoxy) is 1. The van der Waals surface area contributed by atoms with Crippen molar-refractivity contribution in [1.29, 1.82) is 0 Å². The van der Waals surface area contributed by atoms with Crippen molar-refractivity contribution >= 4 is 17.9 Å². The predicted molar refractivity (Wildman–Crippen MR) is 102 cm³/mol. The number of hydrogen-bond acceptors (Lipinski definition) is 6. The summed E-state index contributed by atoms with van der Waals surface area (Å²) >= 11 is 0. The third kappa shape index (κ3) is 4.59. The molecule has 3 heterocycles. The van der Waals surface area contributed by atoms with Gasteiger partial charge in [0.2, 0.25) is 0 Å². The standard InChI is InChI=1S/C19H27N5O4/c1-3-28-19(27)24-12-10-23(11-13-24)18(26)16-14-15(4-5-20-16)17(25)22-8-6-21(2)7-9-22/h4-5,14H,3,6-13H2,1-2H3. The van der Waals surface area contributed by atoms with Crippen molar-refractivity contribution in [3.05, 3.63) is 29.6 Å². The molecule has 9 heteroatoms. The molecule has 28 heavy (non-hydrogen) atoms. The maximum absolute atomic E-state index is 12.8. The van der Waals surface area contributed by atoms with Gasteiger partial charge in [-0.1, -0.05) is 0 Å². The number of hydrogen-bond donors (Lipinski definition) is 0. The minimum Gasteiger partial charge on any atom is -0.450 e. The fraction of sp³-hybridized carbons (Fsp3) is 0.579. The fourth-order valence-electron chi connectivity index (χ4n) is 3.34. The summed E-state index contributed by atoms with van der Waals surface area (Å²) in [5.41, 5.74) is 0.734. The van der Waals surface area contributed by atoms with Crippen LogP contribution < -0.4 is 0 Å². The quantitative estimate of drug-likeness (QED) is 0.743. The molecular weight excluding hydrogens is 362 g/mol. The van der Waals surface area contributed by atoms with Gasteiger partial charge >= 0.3 is 6.09 Å². The zero-order chi connectivity index (χ0) is 20.1. The third-order valence-electron chi connectivity index (χ3n) is 5.11. The Morgan fingerprint density at radius 3 is 2.14 bits per heavy atom. The molecule has 0 atom stereocenters. The smallest absolute Gasteiger partial charge is 0.409 e. The zero-order valence-electron chi connectivity index (χ0n) is 16.5. The van der Waals surface area contributed by atoms with Gasteiger partial charge in [0.1, 0.15) is 5.69 Å². The molecule has 3 rings (SSSR count). The van der Waals surface area contributed by atoms with Crippen molar-refractivity contribution in [2.75, 3.05) is 66.0 Å². The third-order valence-corrected chi connectivity index (χ3v) is 5.11. The first-order valence-electron chi connectivity index (χ1n) is 9.64. The summed E-state index contributed by atoms with van der Waals surface area (Å²) in [5.74, 6) is -0.298. The van der Waals surface area contributed by atoms with E-state index in [9.17, 15) is 14.4 Å². The van der Waals surface area contributed by atoms with Gasteiger partial charge < -0.3 is 24.3 Å². The first kappa shape index (κ1) is 20.1. The van der Waals surface area contributed by atoms with Crippen molar-refractivity contribution in [1.82, 2.24) is 24.6 Å². The monoisotopic (exact) mass is 389 g/mol. The largest absolute Gasteiger partial charge is 0.450 e. The molecule has 2 aliphatic heterocycles. The average molecular weight is 389 g/mol. The van der Waals surface area contributed by atoms with Crippen LogP contribution in [0.5, 0.6) is 0 Å². The van der Waals surface area contributed by atoms with E-state index in [0.29, 0.717) is 51.4 Å². The number of piperazine rings is 2.